The summed E-state index contributed by atoms with van der Waals surface area (Å²) in [5, 5.41) is 1.72. The van der Waals surface area contributed by atoms with E-state index in [0.29, 0.717) is 10.8 Å². The number of anilines is 1. The molecule has 1 saturated heterocycles. The van der Waals surface area contributed by atoms with Crippen molar-refractivity contribution in [3.8, 4) is 0 Å². The molecule has 1 aliphatic heterocycles. The number of rotatable bonds is 3. The van der Waals surface area contributed by atoms with Crippen LogP contribution in [0.3, 0.4) is 0 Å². The maximum Gasteiger partial charge on any atom is 0.284 e. The molecule has 0 aliphatic carbocycles. The standard InChI is InChI=1S/C17H12ClN3O2/c18-14-9-2-1-6-12(14)7-5-8-13-16(22)20-21(17(13)23)15-10-3-4-11-19-15/h1-11H,(H,20,22). The number of nitrogens with zero attached hydrogens (tertiary/aromatic N) is 2. The van der Waals surface area contributed by atoms with Crippen LogP contribution in [0.2, 0.25) is 5.02 Å². The van der Waals surface area contributed by atoms with E-state index in [1.165, 1.54) is 6.08 Å². The number of carbonyl (C=O) groups excluding carboxylic acids is 2. The first-order valence-corrected chi connectivity index (χ1v) is 7.24. The maximum absolute atomic E-state index is 12.3. The summed E-state index contributed by atoms with van der Waals surface area (Å²) in [5.74, 6) is -0.550. The lowest BCUT2D eigenvalue weighted by Gasteiger charge is -2.12. The number of halogens is 1. The molecule has 2 amide bonds. The van der Waals surface area contributed by atoms with Gasteiger partial charge in [0.25, 0.3) is 11.8 Å². The van der Waals surface area contributed by atoms with Gasteiger partial charge in [0.05, 0.1) is 0 Å². The van der Waals surface area contributed by atoms with Gasteiger partial charge in [0.2, 0.25) is 0 Å². The van der Waals surface area contributed by atoms with Crippen molar-refractivity contribution in [1.82, 2.24) is 10.4 Å². The molecule has 1 aromatic carbocycles. The molecule has 1 aliphatic rings. The third kappa shape index (κ3) is 3.14. The van der Waals surface area contributed by atoms with E-state index < -0.39 is 11.8 Å². The Bertz CT molecular complexity index is 816. The number of hydrazine groups is 1. The van der Waals surface area contributed by atoms with Crippen molar-refractivity contribution < 1.29 is 9.59 Å². The Kier molecular flexibility index (Phi) is 4.21. The molecule has 1 fully saturated rings. The quantitative estimate of drug-likeness (QED) is 0.697. The van der Waals surface area contributed by atoms with Gasteiger partial charge in [0.1, 0.15) is 5.57 Å². The first kappa shape index (κ1) is 15.0. The zero-order valence-corrected chi connectivity index (χ0v) is 12.7. The van der Waals surface area contributed by atoms with Crippen molar-refractivity contribution in [3.63, 3.8) is 0 Å². The molecule has 0 atom stereocenters. The van der Waals surface area contributed by atoms with Crippen LogP contribution < -0.4 is 10.4 Å². The predicted octanol–water partition coefficient (Wildman–Crippen LogP) is 2.75. The molecule has 0 spiro atoms. The van der Waals surface area contributed by atoms with E-state index in [0.717, 1.165) is 10.6 Å². The van der Waals surface area contributed by atoms with Crippen molar-refractivity contribution in [2.45, 2.75) is 0 Å². The van der Waals surface area contributed by atoms with E-state index in [1.54, 1.807) is 42.6 Å². The number of hydrogen-bond donors (Lipinski definition) is 1. The lowest BCUT2D eigenvalue weighted by molar-refractivity contribution is -0.117. The summed E-state index contributed by atoms with van der Waals surface area (Å²) in [6.07, 6.45) is 6.37. The fourth-order valence-corrected chi connectivity index (χ4v) is 2.28. The van der Waals surface area contributed by atoms with Crippen molar-refractivity contribution in [3.05, 3.63) is 77.0 Å². The van der Waals surface area contributed by atoms with E-state index in [1.807, 2.05) is 18.2 Å². The fourth-order valence-electron chi connectivity index (χ4n) is 2.08. The minimum Gasteiger partial charge on any atom is -0.267 e. The van der Waals surface area contributed by atoms with Gasteiger partial charge in [-0.3, -0.25) is 15.0 Å². The number of hydrogen-bond acceptors (Lipinski definition) is 3. The number of amides is 2. The van der Waals surface area contributed by atoms with Crippen LogP contribution in [0.1, 0.15) is 5.56 Å². The molecule has 23 heavy (non-hydrogen) atoms. The van der Waals surface area contributed by atoms with Gasteiger partial charge < -0.3 is 0 Å². The lowest BCUT2D eigenvalue weighted by atomic mass is 10.2. The highest BCUT2D eigenvalue weighted by molar-refractivity contribution is 6.32. The van der Waals surface area contributed by atoms with Crippen molar-refractivity contribution in [1.29, 1.82) is 0 Å². The molecule has 0 unspecified atom stereocenters. The second-order valence-electron chi connectivity index (χ2n) is 4.73. The molecule has 0 radical (unpaired) electrons. The van der Waals surface area contributed by atoms with Crippen LogP contribution >= 0.6 is 11.6 Å². The molecule has 2 aromatic rings. The largest absolute Gasteiger partial charge is 0.284 e. The number of carbonyl (C=O) groups is 2. The summed E-state index contributed by atoms with van der Waals surface area (Å²) in [4.78, 5) is 28.3. The van der Waals surface area contributed by atoms with Gasteiger partial charge in [-0.05, 0) is 29.8 Å². The van der Waals surface area contributed by atoms with Gasteiger partial charge in [0, 0.05) is 11.2 Å². The first-order chi connectivity index (χ1) is 11.2. The Labute approximate surface area is 137 Å². The number of allylic oxidation sites excluding steroid dienone is 2. The highest BCUT2D eigenvalue weighted by atomic mass is 35.5. The second kappa shape index (κ2) is 6.46. The van der Waals surface area contributed by atoms with E-state index in [2.05, 4.69) is 10.4 Å². The maximum atomic E-state index is 12.3. The second-order valence-corrected chi connectivity index (χ2v) is 5.14. The van der Waals surface area contributed by atoms with E-state index >= 15 is 0 Å². The highest BCUT2D eigenvalue weighted by Gasteiger charge is 2.34. The van der Waals surface area contributed by atoms with Gasteiger partial charge >= 0.3 is 0 Å². The van der Waals surface area contributed by atoms with Crippen LogP contribution in [0.5, 0.6) is 0 Å². The van der Waals surface area contributed by atoms with Gasteiger partial charge in [-0.15, -0.1) is 0 Å². The van der Waals surface area contributed by atoms with Crippen LogP contribution in [0.25, 0.3) is 6.08 Å². The van der Waals surface area contributed by atoms with Crippen LogP contribution in [0.15, 0.2) is 66.4 Å². The number of nitrogens with one attached hydrogen (secondary N) is 1. The lowest BCUT2D eigenvalue weighted by Crippen LogP contribution is -2.36. The molecule has 6 heteroatoms. The average Bonchev–Trinajstić information content (AvgIpc) is 2.85. The van der Waals surface area contributed by atoms with Gasteiger partial charge in [0.15, 0.2) is 5.82 Å². The molecule has 114 valence electrons. The Morgan fingerprint density at radius 1 is 1.09 bits per heavy atom. The summed E-state index contributed by atoms with van der Waals surface area (Å²) in [6.45, 7) is 0. The molecule has 0 saturated carbocycles. The normalized spacial score (nSPS) is 16.4. The van der Waals surface area contributed by atoms with Gasteiger partial charge in [-0.2, -0.15) is 5.01 Å². The predicted molar refractivity (Wildman–Crippen MR) is 88.4 cm³/mol. The zero-order valence-electron chi connectivity index (χ0n) is 11.9. The summed E-state index contributed by atoms with van der Waals surface area (Å²) in [5.41, 5.74) is 3.33. The summed E-state index contributed by atoms with van der Waals surface area (Å²) in [6, 6.07) is 12.4. The Balaban J connectivity index is 1.82. The van der Waals surface area contributed by atoms with Crippen LogP contribution in [-0.2, 0) is 9.59 Å². The average molecular weight is 326 g/mol. The molecular formula is C17H12ClN3O2. The molecule has 1 aromatic heterocycles. The Morgan fingerprint density at radius 2 is 1.87 bits per heavy atom. The van der Waals surface area contributed by atoms with Crippen LogP contribution in [0, 0.1) is 0 Å². The smallest absolute Gasteiger partial charge is 0.267 e. The SMILES string of the molecule is O=C1NN(c2ccccn2)C(=O)C1=CC=Cc1ccccc1Cl. The highest BCUT2D eigenvalue weighted by Crippen LogP contribution is 2.19. The van der Waals surface area contributed by atoms with Crippen LogP contribution in [0.4, 0.5) is 5.82 Å². The number of aromatic nitrogens is 1. The van der Waals surface area contributed by atoms with E-state index in [9.17, 15) is 9.59 Å². The monoisotopic (exact) mass is 325 g/mol. The molecule has 1 N–H and O–H groups in total. The molecule has 3 rings (SSSR count). The third-order valence-electron chi connectivity index (χ3n) is 3.21. The minimum absolute atomic E-state index is 0.0407. The van der Waals surface area contributed by atoms with Crippen molar-refractivity contribution >= 4 is 35.3 Å². The minimum atomic E-state index is -0.468. The number of pyridine rings is 1. The van der Waals surface area contributed by atoms with E-state index in [-0.39, 0.29) is 5.57 Å². The zero-order chi connectivity index (χ0) is 16.2. The molecular weight excluding hydrogens is 314 g/mol. The van der Waals surface area contributed by atoms with Gasteiger partial charge in [-0.1, -0.05) is 48.0 Å². The first-order valence-electron chi connectivity index (χ1n) is 6.86. The topological polar surface area (TPSA) is 62.3 Å². The van der Waals surface area contributed by atoms with Crippen LogP contribution in [-0.4, -0.2) is 16.8 Å². The fraction of sp³-hybridized carbons (Fsp3) is 0. The Morgan fingerprint density at radius 3 is 2.61 bits per heavy atom. The van der Waals surface area contributed by atoms with Crippen molar-refractivity contribution in [2.24, 2.45) is 0 Å². The summed E-state index contributed by atoms with van der Waals surface area (Å²) >= 11 is 6.05. The van der Waals surface area contributed by atoms with Crippen molar-refractivity contribution in [2.75, 3.05) is 5.01 Å². The van der Waals surface area contributed by atoms with Gasteiger partial charge in [-0.25, -0.2) is 4.98 Å². The Hall–Kier alpha value is -2.92. The summed E-state index contributed by atoms with van der Waals surface area (Å²) < 4.78 is 0. The third-order valence-corrected chi connectivity index (χ3v) is 3.56. The number of benzene rings is 1. The molecule has 5 nitrogen and oxygen atoms in total. The molecule has 0 bridgehead atoms. The summed E-state index contributed by atoms with van der Waals surface area (Å²) in [7, 11) is 0. The molecule has 2 heterocycles. The van der Waals surface area contributed by atoms with E-state index in [4.69, 9.17) is 11.6 Å².